The van der Waals surface area contributed by atoms with Crippen molar-refractivity contribution in [2.24, 2.45) is 35.2 Å². The summed E-state index contributed by atoms with van der Waals surface area (Å²) in [5, 5.41) is 79.8. The first-order valence-electron chi connectivity index (χ1n) is 45.0. The van der Waals surface area contributed by atoms with Crippen molar-refractivity contribution in [3.8, 4) is 65.1 Å². The van der Waals surface area contributed by atoms with Crippen molar-refractivity contribution >= 4 is 167 Å². The highest BCUT2D eigenvalue weighted by Crippen LogP contribution is 2.39. The van der Waals surface area contributed by atoms with Crippen molar-refractivity contribution in [1.82, 2.24) is 145 Å². The zero-order valence-corrected chi connectivity index (χ0v) is 77.9. The fraction of sp³-hybridized carbons (Fsp3) is 0.0971. The average molecular weight is 1910 g/mol. The normalized spacial score (nSPS) is 11.1. The third-order valence-electron chi connectivity index (χ3n) is 22.8. The van der Waals surface area contributed by atoms with Crippen LogP contribution in [0.5, 0.6) is 52.8 Å². The molecule has 144 heavy (non-hydrogen) atoms. The number of nitrogens with zero attached hydrogens (tertiary/aromatic N) is 24. The number of pyridine rings is 9. The lowest BCUT2D eigenvalue weighted by Gasteiger charge is -2.07. The van der Waals surface area contributed by atoms with Crippen LogP contribution in [0.1, 0.15) is 22.5 Å². The number of anilines is 10. The van der Waals surface area contributed by atoms with Crippen LogP contribution in [0.4, 0.5) is 61.9 Å². The Bertz CT molecular complexity index is 9010. The van der Waals surface area contributed by atoms with Gasteiger partial charge in [0.05, 0.1) is 87.8 Å². The minimum Gasteiger partial charge on any atom is -0.490 e. The molecule has 0 aliphatic heterocycles. The number of benzene rings is 6. The number of fused-ring (bicyclic) bond motifs is 10. The first-order chi connectivity index (χ1) is 70.5. The first-order valence-corrected chi connectivity index (χ1v) is 45.0. The number of aromatic amines is 5. The van der Waals surface area contributed by atoms with Gasteiger partial charge in [-0.1, -0.05) is 24.1 Å². The van der Waals surface area contributed by atoms with Crippen molar-refractivity contribution in [3.05, 3.63) is 314 Å². The van der Waals surface area contributed by atoms with E-state index < -0.39 is 0 Å². The molecule has 41 heteroatoms. The molecule has 710 valence electrons. The molecule has 0 radical (unpaired) electrons. The number of rotatable bonds is 24. The topological polar surface area (TPSA) is 464 Å². The molecule has 25 aromatic rings. The molecule has 0 saturated heterocycles. The second-order valence-corrected chi connectivity index (χ2v) is 32.7. The molecule has 19 aromatic heterocycles. The number of hydrogen-bond donors (Lipinski definition) is 10. The summed E-state index contributed by atoms with van der Waals surface area (Å²) in [7, 11) is 9.38. The van der Waals surface area contributed by atoms with Crippen LogP contribution in [0.2, 0.25) is 0 Å². The van der Waals surface area contributed by atoms with E-state index in [0.717, 1.165) is 155 Å². The van der Waals surface area contributed by atoms with Gasteiger partial charge in [-0.25, -0.2) is 19.3 Å². The summed E-state index contributed by atoms with van der Waals surface area (Å²) in [6.07, 6.45) is 19.3. The van der Waals surface area contributed by atoms with E-state index in [4.69, 9.17) is 34.8 Å². The lowest BCUT2D eigenvalue weighted by atomic mass is 10.2. The molecule has 19 heterocycles. The number of terminal acetylenes is 1. The zero-order valence-electron chi connectivity index (χ0n) is 77.9. The zero-order chi connectivity index (χ0) is 98.1. The van der Waals surface area contributed by atoms with Crippen LogP contribution < -0.4 is 55.0 Å². The van der Waals surface area contributed by atoms with Gasteiger partial charge in [0.15, 0.2) is 29.1 Å². The van der Waals surface area contributed by atoms with Crippen molar-refractivity contribution in [1.29, 1.82) is 0 Å². The lowest BCUT2D eigenvalue weighted by Crippen LogP contribution is -2.09. The van der Waals surface area contributed by atoms with E-state index in [9.17, 15) is 4.39 Å². The third-order valence-corrected chi connectivity index (χ3v) is 22.8. The SMILES string of the molecule is C#Cc1cccc(Oc2nn(C)c3cc(Nc4n[nH]c5cccnc45)ccc23)n1.Cc1cccnc1Oc1nn(C)c2cc(Nc3n[nH]c4cccnc34)ccc12.Cc1ccnc(Oc2nn(C)c3cc(Nc4n[nH]c5cccnc45)ccc23)c1.Cn1nc(OCCOc2ccc(F)cc2)c2ccc(Nc3n[nH]c4cccnc34)cc21.Cn1nc(OCc2ccccn2)c2ccc(Nc3n[nH]c4cccnc34)cc21. The highest BCUT2D eigenvalue weighted by Gasteiger charge is 2.22. The highest BCUT2D eigenvalue weighted by atomic mass is 19.1. The van der Waals surface area contributed by atoms with Gasteiger partial charge in [0, 0.05) is 131 Å². The Balaban J connectivity index is 0.000000106. The summed E-state index contributed by atoms with van der Waals surface area (Å²) in [6.45, 7) is 4.96. The van der Waals surface area contributed by atoms with Gasteiger partial charge >= 0.3 is 0 Å². The van der Waals surface area contributed by atoms with Gasteiger partial charge in [0.2, 0.25) is 47.0 Å². The van der Waals surface area contributed by atoms with Crippen molar-refractivity contribution in [2.75, 3.05) is 39.8 Å². The van der Waals surface area contributed by atoms with Gasteiger partial charge in [0.1, 0.15) is 64.7 Å². The summed E-state index contributed by atoms with van der Waals surface area (Å²) < 4.78 is 56.8. The number of nitrogens with one attached hydrogen (secondary N) is 10. The van der Waals surface area contributed by atoms with Crippen molar-refractivity contribution in [2.45, 2.75) is 20.5 Å². The van der Waals surface area contributed by atoms with E-state index in [1.54, 1.807) is 103 Å². The van der Waals surface area contributed by atoms with Gasteiger partial charge in [-0.2, -0.15) is 25.5 Å². The summed E-state index contributed by atoms with van der Waals surface area (Å²) in [5.41, 5.74) is 20.7. The molecule has 0 bridgehead atoms. The van der Waals surface area contributed by atoms with Crippen LogP contribution in [0.25, 0.3) is 110 Å². The van der Waals surface area contributed by atoms with Gasteiger partial charge in [-0.05, 0) is 226 Å². The number of aryl methyl sites for hydroxylation is 7. The Labute approximate surface area is 815 Å². The number of ether oxygens (including phenoxy) is 6. The van der Waals surface area contributed by atoms with Crippen LogP contribution in [0, 0.1) is 32.0 Å². The van der Waals surface area contributed by atoms with Crippen LogP contribution in [0.15, 0.2) is 286 Å². The van der Waals surface area contributed by atoms with Crippen molar-refractivity contribution < 1.29 is 32.8 Å². The predicted molar refractivity (Wildman–Crippen MR) is 546 cm³/mol. The number of hydrogen-bond acceptors (Lipinski definition) is 30. The Hall–Kier alpha value is -20.3. The Morgan fingerprint density at radius 2 is 0.688 bits per heavy atom. The van der Waals surface area contributed by atoms with Gasteiger partial charge in [-0.15, -0.1) is 31.9 Å². The predicted octanol–water partition coefficient (Wildman–Crippen LogP) is 19.7. The Morgan fingerprint density at radius 1 is 0.319 bits per heavy atom. The fourth-order valence-electron chi connectivity index (χ4n) is 15.8. The second kappa shape index (κ2) is 40.1. The molecule has 0 saturated carbocycles. The number of aromatic nitrogens is 29. The molecule has 10 N–H and O–H groups in total. The molecule has 0 atom stereocenters. The maximum Gasteiger partial charge on any atom is 0.247 e. The smallest absolute Gasteiger partial charge is 0.247 e. The quantitative estimate of drug-likeness (QED) is 0.0198. The highest BCUT2D eigenvalue weighted by molar-refractivity contribution is 5.97. The first kappa shape index (κ1) is 90.1. The summed E-state index contributed by atoms with van der Waals surface area (Å²) in [5.74, 6) is 10.2. The molecule has 0 fully saturated rings. The standard InChI is InChI=1S/C22H19FN6O2.C21H15N7O.3C20H17N7O/c1-29-19-13-15(25-21-20-18(26-27-21)3-2-10-24-20)6-9-17(19)22(28-29)31-12-11-30-16-7-4-14(23)5-8-16;1-3-13-6-4-8-18(23-13)29-21-15-10-9-14(12-17(15)28(2)27-21)24-20-19-16(25-26-20)7-5-11-22-19;1-12-5-3-10-22-19(12)28-20-14-8-7-13(11-16(14)27(2)26-20)23-18-17-15(24-25-18)6-4-9-21-17;1-12-7-9-21-17(10-12)28-20-14-6-5-13(11-16(14)27(2)26-20)23-19-18-15(24-25-19)4-3-8-22-18;1-27-17-11-13(23-19-18-16(24-25-19)6-4-10-22-18)7-8-15(17)20(26-27)28-12-14-5-2-3-9-21-14/h2-10,13H,11-12H2,1H3,(H2,25,26,27);1,4-12H,2H3,(H2,24,25,26);2*3-11H,1-2H3,(H2,23,24,25);2-11H,12H2,1H3,(H2,23,24,25). The molecular formula is C103H85FN34O6. The van der Waals surface area contributed by atoms with Crippen LogP contribution in [0.3, 0.4) is 0 Å². The third kappa shape index (κ3) is 19.7. The Morgan fingerprint density at radius 3 is 1.08 bits per heavy atom. The fourth-order valence-corrected chi connectivity index (χ4v) is 15.8. The van der Waals surface area contributed by atoms with Crippen LogP contribution in [-0.2, 0) is 41.8 Å². The monoisotopic (exact) mass is 1910 g/mol. The van der Waals surface area contributed by atoms with E-state index in [1.165, 1.54) is 12.1 Å². The van der Waals surface area contributed by atoms with E-state index >= 15 is 0 Å². The summed E-state index contributed by atoms with van der Waals surface area (Å²) >= 11 is 0. The number of H-pyrrole nitrogens is 5. The molecule has 0 amide bonds. The molecule has 6 aromatic carbocycles. The number of halogens is 1. The molecule has 25 rings (SSSR count). The molecule has 0 aliphatic carbocycles. The second-order valence-electron chi connectivity index (χ2n) is 32.7. The minimum atomic E-state index is -0.297. The molecule has 40 nitrogen and oxygen atoms in total. The van der Waals surface area contributed by atoms with Gasteiger partial charge in [-0.3, -0.25) is 78.8 Å². The largest absolute Gasteiger partial charge is 0.490 e. The van der Waals surface area contributed by atoms with Gasteiger partial charge < -0.3 is 55.0 Å². The van der Waals surface area contributed by atoms with Crippen molar-refractivity contribution in [3.63, 3.8) is 0 Å². The maximum atomic E-state index is 12.9. The van der Waals surface area contributed by atoms with E-state index in [-0.39, 0.29) is 5.82 Å². The van der Waals surface area contributed by atoms with Crippen LogP contribution >= 0.6 is 0 Å². The van der Waals surface area contributed by atoms with E-state index in [0.29, 0.717) is 107 Å². The van der Waals surface area contributed by atoms with Gasteiger partial charge in [0.25, 0.3) is 0 Å². The molecular weight excluding hydrogens is 1830 g/mol. The summed E-state index contributed by atoms with van der Waals surface area (Å²) in [4.78, 5) is 38.9. The maximum absolute atomic E-state index is 12.9. The van der Waals surface area contributed by atoms with E-state index in [2.05, 4.69) is 154 Å². The van der Waals surface area contributed by atoms with Crippen LogP contribution in [-0.4, -0.2) is 158 Å². The van der Waals surface area contributed by atoms with E-state index in [1.807, 2.05) is 243 Å². The Kier molecular flexibility index (Phi) is 25.1. The molecule has 0 spiro atoms. The summed E-state index contributed by atoms with van der Waals surface area (Å²) in [6, 6.07) is 73.1. The average Bonchev–Trinajstić information content (AvgIpc) is 1.65. The molecule has 0 aliphatic rings. The minimum absolute atomic E-state index is 0.297. The molecule has 0 unspecified atom stereocenters. The lowest BCUT2D eigenvalue weighted by molar-refractivity contribution is 0.212.